The number of rotatable bonds is 9. The highest BCUT2D eigenvalue weighted by Crippen LogP contribution is 2.36. The highest BCUT2D eigenvalue weighted by atomic mass is 35.5. The molecule has 5 nitrogen and oxygen atoms in total. The zero-order chi connectivity index (χ0) is 19.8. The maximum Gasteiger partial charge on any atom is 0.239 e. The van der Waals surface area contributed by atoms with Gasteiger partial charge in [-0.25, -0.2) is 0 Å². The van der Waals surface area contributed by atoms with Gasteiger partial charge in [-0.1, -0.05) is 24.1 Å². The Morgan fingerprint density at radius 1 is 1.21 bits per heavy atom. The molecule has 0 saturated carbocycles. The Balaban J connectivity index is 1.51. The molecule has 0 aromatic heterocycles. The maximum absolute atomic E-state index is 11.4. The van der Waals surface area contributed by atoms with E-state index in [-0.39, 0.29) is 17.8 Å². The second-order valence-electron chi connectivity index (χ2n) is 6.41. The van der Waals surface area contributed by atoms with Crippen molar-refractivity contribution in [2.45, 2.75) is 18.9 Å². The van der Waals surface area contributed by atoms with Crippen molar-refractivity contribution in [3.8, 4) is 23.8 Å². The average Bonchev–Trinajstić information content (AvgIpc) is 3.13. The first-order valence-electron chi connectivity index (χ1n) is 9.21. The predicted octanol–water partition coefficient (Wildman–Crippen LogP) is 3.53. The topological polar surface area (TPSA) is 59.6 Å². The zero-order valence-electron chi connectivity index (χ0n) is 15.5. The summed E-state index contributed by atoms with van der Waals surface area (Å²) in [6, 6.07) is 13.6. The number of carbonyl (C=O) groups is 1. The number of fused-ring (bicyclic) bond motifs is 1. The van der Waals surface area contributed by atoms with Crippen LogP contribution in [0.3, 0.4) is 0 Å². The summed E-state index contributed by atoms with van der Waals surface area (Å²) in [5.74, 6) is 3.85. The molecule has 3 rings (SSSR count). The first-order valence-corrected chi connectivity index (χ1v) is 9.75. The van der Waals surface area contributed by atoms with Crippen molar-refractivity contribution in [3.63, 3.8) is 0 Å². The molecule has 2 aromatic carbocycles. The molecule has 1 amide bonds. The van der Waals surface area contributed by atoms with Crippen molar-refractivity contribution in [2.75, 3.05) is 31.0 Å². The van der Waals surface area contributed by atoms with Crippen LogP contribution >= 0.6 is 11.6 Å². The van der Waals surface area contributed by atoms with E-state index >= 15 is 0 Å². The fraction of sp³-hybridized carbons (Fsp3) is 0.318. The molecule has 1 aliphatic rings. The number of hydrogen-bond donors (Lipinski definition) is 2. The van der Waals surface area contributed by atoms with E-state index in [1.54, 1.807) is 12.1 Å². The minimum absolute atomic E-state index is 0.0839. The first-order chi connectivity index (χ1) is 13.7. The lowest BCUT2D eigenvalue weighted by molar-refractivity contribution is -0.113. The molecule has 0 spiro atoms. The Morgan fingerprint density at radius 2 is 2.04 bits per heavy atom. The number of hydrogen-bond acceptors (Lipinski definition) is 4. The number of halogens is 1. The van der Waals surface area contributed by atoms with Gasteiger partial charge in [0.15, 0.2) is 0 Å². The van der Waals surface area contributed by atoms with Crippen molar-refractivity contribution in [1.29, 1.82) is 0 Å². The summed E-state index contributed by atoms with van der Waals surface area (Å²) in [7, 11) is 0. The molecule has 0 aliphatic heterocycles. The van der Waals surface area contributed by atoms with Gasteiger partial charge in [0.2, 0.25) is 5.91 Å². The molecule has 28 heavy (non-hydrogen) atoms. The van der Waals surface area contributed by atoms with Gasteiger partial charge >= 0.3 is 0 Å². The number of amides is 1. The van der Waals surface area contributed by atoms with Gasteiger partial charge in [-0.3, -0.25) is 10.1 Å². The van der Waals surface area contributed by atoms with Gasteiger partial charge in [0.05, 0.1) is 6.54 Å². The van der Waals surface area contributed by atoms with Crippen LogP contribution in [0, 0.1) is 12.3 Å². The van der Waals surface area contributed by atoms with E-state index in [4.69, 9.17) is 27.5 Å². The van der Waals surface area contributed by atoms with Gasteiger partial charge in [0.25, 0.3) is 0 Å². The van der Waals surface area contributed by atoms with Crippen molar-refractivity contribution >= 4 is 23.2 Å². The minimum Gasteiger partial charge on any atom is -0.490 e. The summed E-state index contributed by atoms with van der Waals surface area (Å²) in [5.41, 5.74) is 3.15. The lowest BCUT2D eigenvalue weighted by atomic mass is 10.1. The third kappa shape index (κ3) is 5.19. The third-order valence-electron chi connectivity index (χ3n) is 4.53. The molecule has 0 bridgehead atoms. The molecule has 1 unspecified atom stereocenters. The quantitative estimate of drug-likeness (QED) is 0.385. The Kier molecular flexibility index (Phi) is 7.18. The van der Waals surface area contributed by atoms with Crippen molar-refractivity contribution in [1.82, 2.24) is 5.32 Å². The average molecular weight is 399 g/mol. The molecule has 0 fully saturated rings. The Bertz CT molecular complexity index is 863. The number of terminal acetylenes is 1. The second kappa shape index (κ2) is 10.0. The molecule has 146 valence electrons. The standard InChI is InChI=1S/C22H23ClN2O3/c1-2-11-24-20-10-9-19-18(20)7-4-8-21(19)28-13-12-27-17-6-3-5-16(14-17)25-22(26)15-23/h1,3-8,14,20,24H,9-13,15H2,(H,25,26). The van der Waals surface area contributed by atoms with Gasteiger partial charge in [-0.05, 0) is 42.2 Å². The van der Waals surface area contributed by atoms with Crippen LogP contribution in [0.15, 0.2) is 42.5 Å². The Labute approximate surface area is 170 Å². The highest BCUT2D eigenvalue weighted by molar-refractivity contribution is 6.29. The molecule has 0 heterocycles. The predicted molar refractivity (Wildman–Crippen MR) is 111 cm³/mol. The number of benzene rings is 2. The maximum atomic E-state index is 11.4. The van der Waals surface area contributed by atoms with E-state index in [1.165, 1.54) is 11.1 Å². The van der Waals surface area contributed by atoms with Crippen LogP contribution in [0.25, 0.3) is 0 Å². The van der Waals surface area contributed by atoms with Crippen molar-refractivity contribution < 1.29 is 14.3 Å². The molecule has 2 aromatic rings. The zero-order valence-corrected chi connectivity index (χ0v) is 16.3. The van der Waals surface area contributed by atoms with Crippen LogP contribution in [0.2, 0.25) is 0 Å². The lowest BCUT2D eigenvalue weighted by Crippen LogP contribution is -2.19. The summed E-state index contributed by atoms with van der Waals surface area (Å²) in [6.45, 7) is 1.39. The van der Waals surface area contributed by atoms with Gasteiger partial charge in [0, 0.05) is 17.8 Å². The summed E-state index contributed by atoms with van der Waals surface area (Å²) < 4.78 is 11.7. The number of ether oxygens (including phenoxy) is 2. The van der Waals surface area contributed by atoms with Crippen LogP contribution in [-0.2, 0) is 11.2 Å². The van der Waals surface area contributed by atoms with Crippen LogP contribution in [0.4, 0.5) is 5.69 Å². The monoisotopic (exact) mass is 398 g/mol. The SMILES string of the molecule is C#CCNC1CCc2c(OCCOc3cccc(NC(=O)CCl)c3)cccc21. The van der Waals surface area contributed by atoms with Gasteiger partial charge in [0.1, 0.15) is 30.6 Å². The summed E-state index contributed by atoms with van der Waals surface area (Å²) >= 11 is 5.50. The third-order valence-corrected chi connectivity index (χ3v) is 4.77. The largest absolute Gasteiger partial charge is 0.490 e. The summed E-state index contributed by atoms with van der Waals surface area (Å²) in [5, 5.41) is 6.07. The van der Waals surface area contributed by atoms with Crippen LogP contribution < -0.4 is 20.1 Å². The Morgan fingerprint density at radius 3 is 2.86 bits per heavy atom. The molecular weight excluding hydrogens is 376 g/mol. The van der Waals surface area contributed by atoms with Crippen LogP contribution in [0.1, 0.15) is 23.6 Å². The van der Waals surface area contributed by atoms with Crippen molar-refractivity contribution in [2.24, 2.45) is 0 Å². The van der Waals surface area contributed by atoms with E-state index in [2.05, 4.69) is 22.6 Å². The minimum atomic E-state index is -0.255. The summed E-state index contributed by atoms with van der Waals surface area (Å²) in [6.07, 6.45) is 7.34. The van der Waals surface area contributed by atoms with E-state index < -0.39 is 0 Å². The lowest BCUT2D eigenvalue weighted by Gasteiger charge is -2.14. The first kappa shape index (κ1) is 20.1. The van der Waals surface area contributed by atoms with Gasteiger partial charge in [-0.2, -0.15) is 0 Å². The molecule has 1 atom stereocenters. The number of nitrogens with one attached hydrogen (secondary N) is 2. The number of alkyl halides is 1. The normalized spacial score (nSPS) is 14.8. The van der Waals surface area contributed by atoms with Gasteiger partial charge < -0.3 is 14.8 Å². The van der Waals surface area contributed by atoms with E-state index in [0.29, 0.717) is 31.2 Å². The molecule has 6 heteroatoms. The fourth-order valence-corrected chi connectivity index (χ4v) is 3.39. The molecule has 0 saturated heterocycles. The van der Waals surface area contributed by atoms with Crippen molar-refractivity contribution in [3.05, 3.63) is 53.6 Å². The Hall–Kier alpha value is -2.68. The van der Waals surface area contributed by atoms with Crippen LogP contribution in [0.5, 0.6) is 11.5 Å². The van der Waals surface area contributed by atoms with E-state index in [0.717, 1.165) is 18.6 Å². The second-order valence-corrected chi connectivity index (χ2v) is 6.67. The number of carbonyl (C=O) groups excluding carboxylic acids is 1. The van der Waals surface area contributed by atoms with E-state index in [1.807, 2.05) is 24.3 Å². The molecular formula is C22H23ClN2O3. The molecule has 0 radical (unpaired) electrons. The molecule has 2 N–H and O–H groups in total. The van der Waals surface area contributed by atoms with E-state index in [9.17, 15) is 4.79 Å². The highest BCUT2D eigenvalue weighted by Gasteiger charge is 2.24. The van der Waals surface area contributed by atoms with Gasteiger partial charge in [-0.15, -0.1) is 18.0 Å². The summed E-state index contributed by atoms with van der Waals surface area (Å²) in [4.78, 5) is 11.4. The smallest absolute Gasteiger partial charge is 0.239 e. The fourth-order valence-electron chi connectivity index (χ4n) is 3.32. The number of anilines is 1. The van der Waals surface area contributed by atoms with Crippen LogP contribution in [-0.4, -0.2) is 31.5 Å². The molecule has 1 aliphatic carbocycles.